The van der Waals surface area contributed by atoms with Crippen molar-refractivity contribution in [1.29, 1.82) is 0 Å². The summed E-state index contributed by atoms with van der Waals surface area (Å²) in [6.45, 7) is 3.81. The summed E-state index contributed by atoms with van der Waals surface area (Å²) in [6.07, 6.45) is 2.26. The molecule has 0 aromatic heterocycles. The molecule has 1 aromatic rings. The zero-order valence-electron chi connectivity index (χ0n) is 8.75. The lowest BCUT2D eigenvalue weighted by Gasteiger charge is -2.03. The van der Waals surface area contributed by atoms with Crippen LogP contribution >= 0.6 is 15.9 Å². The summed E-state index contributed by atoms with van der Waals surface area (Å²) < 4.78 is 1.01. The maximum atomic E-state index is 10.8. The van der Waals surface area contributed by atoms with E-state index in [1.807, 2.05) is 32.0 Å². The van der Waals surface area contributed by atoms with Gasteiger partial charge < -0.3 is 5.11 Å². The van der Waals surface area contributed by atoms with Gasteiger partial charge in [0.1, 0.15) is 0 Å². The molecular weight excluding hydrogens is 256 g/mol. The van der Waals surface area contributed by atoms with Gasteiger partial charge in [0.2, 0.25) is 0 Å². The molecule has 0 saturated carbocycles. The minimum Gasteiger partial charge on any atom is -0.478 e. The van der Waals surface area contributed by atoms with Gasteiger partial charge in [-0.1, -0.05) is 28.9 Å². The first-order chi connectivity index (χ1) is 7.04. The van der Waals surface area contributed by atoms with E-state index in [1.165, 1.54) is 0 Å². The second kappa shape index (κ2) is 5.12. The van der Waals surface area contributed by atoms with E-state index in [1.54, 1.807) is 6.08 Å². The Bertz CT molecular complexity index is 408. The average Bonchev–Trinajstić information content (AvgIpc) is 2.16. The molecule has 15 heavy (non-hydrogen) atoms. The Hall–Kier alpha value is -1.09. The van der Waals surface area contributed by atoms with Crippen molar-refractivity contribution in [2.24, 2.45) is 0 Å². The SMILES string of the molecule is CC/C(=C\c1ccc(Br)cc1C)C(=O)O. The highest BCUT2D eigenvalue weighted by Crippen LogP contribution is 2.19. The van der Waals surface area contributed by atoms with Gasteiger partial charge in [-0.05, 0) is 42.7 Å². The smallest absolute Gasteiger partial charge is 0.331 e. The lowest BCUT2D eigenvalue weighted by Crippen LogP contribution is -1.99. The quantitative estimate of drug-likeness (QED) is 0.850. The zero-order valence-corrected chi connectivity index (χ0v) is 10.3. The van der Waals surface area contributed by atoms with E-state index in [4.69, 9.17) is 5.11 Å². The molecule has 0 radical (unpaired) electrons. The van der Waals surface area contributed by atoms with Crippen molar-refractivity contribution in [1.82, 2.24) is 0 Å². The third-order valence-corrected chi connectivity index (χ3v) is 2.71. The van der Waals surface area contributed by atoms with Crippen LogP contribution in [0.2, 0.25) is 0 Å². The molecule has 80 valence electrons. The number of carboxylic acids is 1. The summed E-state index contributed by atoms with van der Waals surface area (Å²) in [5.74, 6) is -0.847. The third kappa shape index (κ3) is 3.20. The second-order valence-electron chi connectivity index (χ2n) is 3.33. The number of benzene rings is 1. The minimum atomic E-state index is -0.847. The van der Waals surface area contributed by atoms with Gasteiger partial charge in [-0.15, -0.1) is 0 Å². The maximum absolute atomic E-state index is 10.8. The van der Waals surface area contributed by atoms with Crippen molar-refractivity contribution in [2.75, 3.05) is 0 Å². The van der Waals surface area contributed by atoms with E-state index < -0.39 is 5.97 Å². The molecule has 3 heteroatoms. The van der Waals surface area contributed by atoms with Crippen molar-refractivity contribution >= 4 is 28.0 Å². The largest absolute Gasteiger partial charge is 0.478 e. The highest BCUT2D eigenvalue weighted by molar-refractivity contribution is 9.10. The Morgan fingerprint density at radius 3 is 2.67 bits per heavy atom. The predicted molar refractivity (Wildman–Crippen MR) is 64.8 cm³/mol. The first-order valence-corrected chi connectivity index (χ1v) is 5.54. The predicted octanol–water partition coefficient (Wildman–Crippen LogP) is 3.64. The number of carboxylic acid groups (broad SMARTS) is 1. The summed E-state index contributed by atoms with van der Waals surface area (Å²) in [7, 11) is 0. The molecule has 0 aliphatic rings. The minimum absolute atomic E-state index is 0.431. The molecule has 0 fully saturated rings. The van der Waals surface area contributed by atoms with E-state index in [-0.39, 0.29) is 0 Å². The van der Waals surface area contributed by atoms with Gasteiger partial charge in [-0.2, -0.15) is 0 Å². The van der Waals surface area contributed by atoms with Gasteiger partial charge in [0.15, 0.2) is 0 Å². The lowest BCUT2D eigenvalue weighted by molar-refractivity contribution is -0.132. The van der Waals surface area contributed by atoms with E-state index in [0.717, 1.165) is 15.6 Å². The molecule has 0 spiro atoms. The van der Waals surface area contributed by atoms with Crippen molar-refractivity contribution in [3.05, 3.63) is 39.4 Å². The number of hydrogen-bond acceptors (Lipinski definition) is 1. The van der Waals surface area contributed by atoms with Crippen LogP contribution in [0.4, 0.5) is 0 Å². The van der Waals surface area contributed by atoms with Crippen LogP contribution in [0.3, 0.4) is 0 Å². The molecule has 0 amide bonds. The normalized spacial score (nSPS) is 11.5. The fraction of sp³-hybridized carbons (Fsp3) is 0.250. The van der Waals surface area contributed by atoms with E-state index in [0.29, 0.717) is 12.0 Å². The standard InChI is InChI=1S/C12H13BrO2/c1-3-9(12(14)15)7-10-4-5-11(13)6-8(10)2/h4-7H,3H2,1-2H3,(H,14,15)/b9-7+. The van der Waals surface area contributed by atoms with Crippen LogP contribution in [-0.4, -0.2) is 11.1 Å². The molecule has 0 bridgehead atoms. The van der Waals surface area contributed by atoms with E-state index >= 15 is 0 Å². The molecule has 1 N–H and O–H groups in total. The molecular formula is C12H13BrO2. The first-order valence-electron chi connectivity index (χ1n) is 4.74. The number of aliphatic carboxylic acids is 1. The van der Waals surface area contributed by atoms with Crippen LogP contribution < -0.4 is 0 Å². The maximum Gasteiger partial charge on any atom is 0.331 e. The number of hydrogen-bond donors (Lipinski definition) is 1. The third-order valence-electron chi connectivity index (χ3n) is 2.22. The molecule has 1 rings (SSSR count). The Kier molecular flexibility index (Phi) is 4.09. The molecule has 0 aliphatic heterocycles. The van der Waals surface area contributed by atoms with Crippen LogP contribution in [0.1, 0.15) is 24.5 Å². The molecule has 2 nitrogen and oxygen atoms in total. The van der Waals surface area contributed by atoms with Gasteiger partial charge in [0.25, 0.3) is 0 Å². The highest BCUT2D eigenvalue weighted by Gasteiger charge is 2.05. The van der Waals surface area contributed by atoms with Crippen molar-refractivity contribution in [3.8, 4) is 0 Å². The van der Waals surface area contributed by atoms with Crippen LogP contribution in [0.5, 0.6) is 0 Å². The van der Waals surface area contributed by atoms with Crippen molar-refractivity contribution < 1.29 is 9.90 Å². The number of rotatable bonds is 3. The van der Waals surface area contributed by atoms with E-state index in [9.17, 15) is 4.79 Å². The Balaban J connectivity index is 3.12. The van der Waals surface area contributed by atoms with E-state index in [2.05, 4.69) is 15.9 Å². The first kappa shape index (κ1) is 12.0. The lowest BCUT2D eigenvalue weighted by atomic mass is 10.0. The van der Waals surface area contributed by atoms with Crippen LogP contribution in [0.25, 0.3) is 6.08 Å². The molecule has 0 aliphatic carbocycles. The van der Waals surface area contributed by atoms with Crippen LogP contribution in [0, 0.1) is 6.92 Å². The van der Waals surface area contributed by atoms with Crippen LogP contribution in [-0.2, 0) is 4.79 Å². The fourth-order valence-electron chi connectivity index (χ4n) is 1.30. The number of halogens is 1. The highest BCUT2D eigenvalue weighted by atomic mass is 79.9. The van der Waals surface area contributed by atoms with Gasteiger partial charge in [0, 0.05) is 10.0 Å². The Morgan fingerprint density at radius 2 is 2.20 bits per heavy atom. The van der Waals surface area contributed by atoms with Gasteiger partial charge in [-0.25, -0.2) is 4.79 Å². The summed E-state index contributed by atoms with van der Waals surface area (Å²) in [6, 6.07) is 5.80. The molecule has 0 saturated heterocycles. The zero-order chi connectivity index (χ0) is 11.4. The monoisotopic (exact) mass is 268 g/mol. The Morgan fingerprint density at radius 1 is 1.53 bits per heavy atom. The second-order valence-corrected chi connectivity index (χ2v) is 4.24. The molecule has 0 unspecified atom stereocenters. The number of aryl methyl sites for hydroxylation is 1. The van der Waals surface area contributed by atoms with Gasteiger partial charge in [0.05, 0.1) is 0 Å². The van der Waals surface area contributed by atoms with Crippen molar-refractivity contribution in [3.63, 3.8) is 0 Å². The van der Waals surface area contributed by atoms with Crippen LogP contribution in [0.15, 0.2) is 28.2 Å². The molecule has 0 heterocycles. The van der Waals surface area contributed by atoms with Crippen molar-refractivity contribution in [2.45, 2.75) is 20.3 Å². The summed E-state index contributed by atoms with van der Waals surface area (Å²) in [5.41, 5.74) is 2.45. The Labute approximate surface area is 97.8 Å². The topological polar surface area (TPSA) is 37.3 Å². The fourth-order valence-corrected chi connectivity index (χ4v) is 1.78. The summed E-state index contributed by atoms with van der Waals surface area (Å²) in [4.78, 5) is 10.8. The average molecular weight is 269 g/mol. The van der Waals surface area contributed by atoms with Gasteiger partial charge >= 0.3 is 5.97 Å². The van der Waals surface area contributed by atoms with Gasteiger partial charge in [-0.3, -0.25) is 0 Å². The molecule has 1 aromatic carbocycles. The molecule has 0 atom stereocenters. The summed E-state index contributed by atoms with van der Waals surface area (Å²) in [5, 5.41) is 8.90. The summed E-state index contributed by atoms with van der Waals surface area (Å²) >= 11 is 3.37. The number of carbonyl (C=O) groups is 1.